The normalized spacial score (nSPS) is 16.8. The number of nitrogens with one attached hydrogen (secondary N) is 1. The van der Waals surface area contributed by atoms with Crippen molar-refractivity contribution >= 4 is 40.8 Å². The van der Waals surface area contributed by atoms with Crippen molar-refractivity contribution in [3.05, 3.63) is 58.9 Å². The van der Waals surface area contributed by atoms with Crippen LogP contribution in [0.2, 0.25) is 5.02 Å². The third-order valence-corrected chi connectivity index (χ3v) is 4.72. The van der Waals surface area contributed by atoms with E-state index in [0.29, 0.717) is 16.4 Å². The molecule has 1 atom stereocenters. The van der Waals surface area contributed by atoms with E-state index in [1.807, 2.05) is 6.92 Å². The van der Waals surface area contributed by atoms with Gasteiger partial charge in [0.05, 0.1) is 0 Å². The number of anilines is 2. The van der Waals surface area contributed by atoms with E-state index in [1.54, 1.807) is 25.1 Å². The summed E-state index contributed by atoms with van der Waals surface area (Å²) in [5, 5.41) is 3.11. The van der Waals surface area contributed by atoms with Crippen molar-refractivity contribution in [2.24, 2.45) is 0 Å². The van der Waals surface area contributed by atoms with Crippen LogP contribution >= 0.6 is 11.6 Å². The van der Waals surface area contributed by atoms with E-state index in [9.17, 15) is 18.8 Å². The zero-order valence-corrected chi connectivity index (χ0v) is 15.5. The third kappa shape index (κ3) is 3.78. The summed E-state index contributed by atoms with van der Waals surface area (Å²) in [6.45, 7) is 2.97. The maximum atomic E-state index is 13.1. The molecule has 0 radical (unpaired) electrons. The van der Waals surface area contributed by atoms with Gasteiger partial charge < -0.3 is 5.32 Å². The average molecular weight is 390 g/mol. The van der Waals surface area contributed by atoms with Crippen molar-refractivity contribution in [3.8, 4) is 0 Å². The number of benzene rings is 2. The predicted molar refractivity (Wildman–Crippen MR) is 100 cm³/mol. The summed E-state index contributed by atoms with van der Waals surface area (Å²) in [4.78, 5) is 39.5. The number of nitrogens with zero attached hydrogens (tertiary/aromatic N) is 2. The first kappa shape index (κ1) is 18.8. The lowest BCUT2D eigenvalue weighted by molar-refractivity contribution is -0.130. The second kappa shape index (κ2) is 7.36. The summed E-state index contributed by atoms with van der Waals surface area (Å²) in [5.41, 5.74) is 1.72. The first-order valence-corrected chi connectivity index (χ1v) is 8.62. The summed E-state index contributed by atoms with van der Waals surface area (Å²) in [6, 6.07) is 8.84. The van der Waals surface area contributed by atoms with E-state index in [1.165, 1.54) is 29.2 Å². The Morgan fingerprint density at radius 1 is 1.19 bits per heavy atom. The fourth-order valence-electron chi connectivity index (χ4n) is 2.82. The molecule has 2 aromatic rings. The van der Waals surface area contributed by atoms with Gasteiger partial charge in [0.2, 0.25) is 5.91 Å². The highest BCUT2D eigenvalue weighted by molar-refractivity contribution is 6.31. The van der Waals surface area contributed by atoms with Gasteiger partial charge in [-0.25, -0.2) is 9.18 Å². The van der Waals surface area contributed by atoms with Gasteiger partial charge in [-0.15, -0.1) is 0 Å². The Morgan fingerprint density at radius 2 is 1.85 bits per heavy atom. The Labute approximate surface area is 160 Å². The highest BCUT2D eigenvalue weighted by Gasteiger charge is 2.44. The highest BCUT2D eigenvalue weighted by atomic mass is 35.5. The van der Waals surface area contributed by atoms with Gasteiger partial charge in [-0.1, -0.05) is 17.7 Å². The molecule has 0 aliphatic carbocycles. The van der Waals surface area contributed by atoms with Crippen molar-refractivity contribution in [1.29, 1.82) is 0 Å². The van der Waals surface area contributed by atoms with E-state index in [4.69, 9.17) is 11.6 Å². The standard InChI is InChI=1S/C19H17ClFN3O3/c1-11-3-6-14(9-16(11)20)22-17(25)10-23-18(26)12(2)24(19(23)27)15-7-4-13(21)5-8-15/h3-9,12H,10H2,1-2H3,(H,22,25)/t12-/m0/s1. The van der Waals surface area contributed by atoms with Crippen molar-refractivity contribution < 1.29 is 18.8 Å². The molecule has 6 nitrogen and oxygen atoms in total. The number of amides is 4. The number of carbonyl (C=O) groups excluding carboxylic acids is 3. The van der Waals surface area contributed by atoms with Crippen molar-refractivity contribution in [3.63, 3.8) is 0 Å². The quantitative estimate of drug-likeness (QED) is 0.812. The van der Waals surface area contributed by atoms with E-state index in [-0.39, 0.29) is 0 Å². The summed E-state index contributed by atoms with van der Waals surface area (Å²) in [6.07, 6.45) is 0. The molecule has 3 rings (SSSR count). The molecule has 0 spiro atoms. The Hall–Kier alpha value is -2.93. The van der Waals surface area contributed by atoms with E-state index in [0.717, 1.165) is 10.5 Å². The van der Waals surface area contributed by atoms with Gasteiger partial charge in [0.25, 0.3) is 5.91 Å². The number of imide groups is 1. The number of hydrogen-bond donors (Lipinski definition) is 1. The van der Waals surface area contributed by atoms with E-state index < -0.39 is 36.2 Å². The maximum absolute atomic E-state index is 13.1. The topological polar surface area (TPSA) is 69.7 Å². The van der Waals surface area contributed by atoms with Crippen LogP contribution in [0.3, 0.4) is 0 Å². The van der Waals surface area contributed by atoms with Gasteiger partial charge in [-0.05, 0) is 55.8 Å². The Kier molecular flexibility index (Phi) is 5.14. The second-order valence-electron chi connectivity index (χ2n) is 6.24. The predicted octanol–water partition coefficient (Wildman–Crippen LogP) is 3.58. The molecule has 140 valence electrons. The molecule has 1 saturated heterocycles. The molecule has 0 saturated carbocycles. The molecule has 1 heterocycles. The molecule has 1 N–H and O–H groups in total. The molecule has 2 aromatic carbocycles. The van der Waals surface area contributed by atoms with Gasteiger partial charge in [0.1, 0.15) is 18.4 Å². The molecular weight excluding hydrogens is 373 g/mol. The van der Waals surface area contributed by atoms with Crippen LogP contribution in [-0.2, 0) is 9.59 Å². The van der Waals surface area contributed by atoms with Gasteiger partial charge in [0, 0.05) is 16.4 Å². The van der Waals surface area contributed by atoms with Crippen LogP contribution in [0.5, 0.6) is 0 Å². The minimum Gasteiger partial charge on any atom is -0.324 e. The zero-order chi connectivity index (χ0) is 19.7. The average Bonchev–Trinajstić information content (AvgIpc) is 2.83. The SMILES string of the molecule is Cc1ccc(NC(=O)CN2C(=O)[C@H](C)N(c3ccc(F)cc3)C2=O)cc1Cl. The third-order valence-electron chi connectivity index (χ3n) is 4.31. The van der Waals surface area contributed by atoms with E-state index in [2.05, 4.69) is 5.32 Å². The molecule has 1 aliphatic heterocycles. The number of aryl methyl sites for hydroxylation is 1. The highest BCUT2D eigenvalue weighted by Crippen LogP contribution is 2.26. The lowest BCUT2D eigenvalue weighted by Gasteiger charge is -2.19. The van der Waals surface area contributed by atoms with Crippen molar-refractivity contribution in [1.82, 2.24) is 4.90 Å². The van der Waals surface area contributed by atoms with Gasteiger partial charge in [-0.3, -0.25) is 19.4 Å². The van der Waals surface area contributed by atoms with Crippen LogP contribution in [0.25, 0.3) is 0 Å². The van der Waals surface area contributed by atoms with Crippen LogP contribution in [-0.4, -0.2) is 35.3 Å². The van der Waals surface area contributed by atoms with Crippen LogP contribution in [0, 0.1) is 12.7 Å². The van der Waals surface area contributed by atoms with Crippen molar-refractivity contribution in [2.45, 2.75) is 19.9 Å². The summed E-state index contributed by atoms with van der Waals surface area (Å²) >= 11 is 6.03. The Balaban J connectivity index is 1.73. The lowest BCUT2D eigenvalue weighted by Crippen LogP contribution is -2.39. The molecule has 4 amide bonds. The molecule has 0 aromatic heterocycles. The lowest BCUT2D eigenvalue weighted by atomic mass is 10.2. The van der Waals surface area contributed by atoms with Gasteiger partial charge in [0.15, 0.2) is 0 Å². The number of carbonyl (C=O) groups is 3. The van der Waals surface area contributed by atoms with Crippen LogP contribution in [0.15, 0.2) is 42.5 Å². The largest absolute Gasteiger partial charge is 0.332 e. The number of hydrogen-bond acceptors (Lipinski definition) is 3. The molecule has 1 fully saturated rings. The first-order chi connectivity index (χ1) is 12.8. The first-order valence-electron chi connectivity index (χ1n) is 8.24. The van der Waals surface area contributed by atoms with Gasteiger partial charge in [-0.2, -0.15) is 0 Å². The van der Waals surface area contributed by atoms with Crippen molar-refractivity contribution in [2.75, 3.05) is 16.8 Å². The maximum Gasteiger partial charge on any atom is 0.332 e. The zero-order valence-electron chi connectivity index (χ0n) is 14.7. The fraction of sp³-hybridized carbons (Fsp3) is 0.211. The molecule has 0 unspecified atom stereocenters. The molecule has 1 aliphatic rings. The number of urea groups is 1. The van der Waals surface area contributed by atoms with Crippen LogP contribution in [0.4, 0.5) is 20.6 Å². The minimum absolute atomic E-state index is 0.385. The second-order valence-corrected chi connectivity index (χ2v) is 6.65. The van der Waals surface area contributed by atoms with E-state index >= 15 is 0 Å². The number of rotatable bonds is 4. The van der Waals surface area contributed by atoms with Gasteiger partial charge >= 0.3 is 6.03 Å². The fourth-order valence-corrected chi connectivity index (χ4v) is 3.00. The number of halogens is 2. The smallest absolute Gasteiger partial charge is 0.324 e. The Morgan fingerprint density at radius 3 is 2.48 bits per heavy atom. The van der Waals surface area contributed by atoms with Crippen LogP contribution < -0.4 is 10.2 Å². The monoisotopic (exact) mass is 389 g/mol. The summed E-state index contributed by atoms with van der Waals surface area (Å²) in [7, 11) is 0. The molecule has 8 heteroatoms. The Bertz CT molecular complexity index is 917. The molecule has 27 heavy (non-hydrogen) atoms. The molecule has 0 bridgehead atoms. The summed E-state index contributed by atoms with van der Waals surface area (Å²) in [5.74, 6) is -1.47. The summed E-state index contributed by atoms with van der Waals surface area (Å²) < 4.78 is 13.1. The minimum atomic E-state index is -0.787. The molecular formula is C19H17ClFN3O3. The van der Waals surface area contributed by atoms with Crippen LogP contribution in [0.1, 0.15) is 12.5 Å².